The highest BCUT2D eigenvalue weighted by molar-refractivity contribution is 6.04. The van der Waals surface area contributed by atoms with E-state index in [0.717, 1.165) is 37.0 Å². The summed E-state index contributed by atoms with van der Waals surface area (Å²) in [5.74, 6) is -0.844. The minimum absolute atomic E-state index is 0.413. The van der Waals surface area contributed by atoms with Gasteiger partial charge in [-0.25, -0.2) is 4.79 Å². The minimum Gasteiger partial charge on any atom is -0.478 e. The maximum Gasteiger partial charge on any atom is 0.337 e. The maximum atomic E-state index is 11.4. The number of fused-ring (bicyclic) bond motifs is 3. The van der Waals surface area contributed by atoms with Gasteiger partial charge in [-0.15, -0.1) is 0 Å². The zero-order valence-electron chi connectivity index (χ0n) is 11.3. The molecule has 0 spiro atoms. The van der Waals surface area contributed by atoms with Gasteiger partial charge in [0.2, 0.25) is 0 Å². The maximum absolute atomic E-state index is 11.4. The van der Waals surface area contributed by atoms with Crippen LogP contribution < -0.4 is 0 Å². The first-order valence-corrected chi connectivity index (χ1v) is 6.68. The van der Waals surface area contributed by atoms with Gasteiger partial charge in [0.1, 0.15) is 0 Å². The minimum atomic E-state index is -0.844. The van der Waals surface area contributed by atoms with Crippen molar-refractivity contribution in [2.75, 3.05) is 13.6 Å². The molecular weight excluding hydrogens is 240 g/mol. The van der Waals surface area contributed by atoms with Gasteiger partial charge < -0.3 is 14.6 Å². The van der Waals surface area contributed by atoms with Crippen molar-refractivity contribution in [1.82, 2.24) is 9.47 Å². The van der Waals surface area contributed by atoms with E-state index in [1.807, 2.05) is 12.1 Å². The zero-order chi connectivity index (χ0) is 13.6. The second kappa shape index (κ2) is 4.38. The van der Waals surface area contributed by atoms with E-state index < -0.39 is 5.97 Å². The van der Waals surface area contributed by atoms with Crippen LogP contribution in [0.25, 0.3) is 10.9 Å². The van der Waals surface area contributed by atoms with Crippen molar-refractivity contribution in [3.05, 3.63) is 35.0 Å². The van der Waals surface area contributed by atoms with Gasteiger partial charge in [-0.2, -0.15) is 0 Å². The summed E-state index contributed by atoms with van der Waals surface area (Å²) in [6.07, 6.45) is 0.993. The first kappa shape index (κ1) is 12.2. The van der Waals surface area contributed by atoms with E-state index in [4.69, 9.17) is 0 Å². The number of rotatable bonds is 2. The number of benzene rings is 1. The van der Waals surface area contributed by atoms with Crippen LogP contribution in [0.2, 0.25) is 0 Å². The number of hydrogen-bond donors (Lipinski definition) is 1. The average molecular weight is 258 g/mol. The Kier molecular flexibility index (Phi) is 2.82. The SMILES string of the molecule is CCn1c2c(c3cccc(C(=O)O)c31)CN(C)CC2. The lowest BCUT2D eigenvalue weighted by molar-refractivity contribution is 0.0698. The summed E-state index contributed by atoms with van der Waals surface area (Å²) in [6.45, 7) is 4.84. The van der Waals surface area contributed by atoms with Crippen molar-refractivity contribution in [3.63, 3.8) is 0 Å². The molecule has 0 amide bonds. The van der Waals surface area contributed by atoms with Crippen LogP contribution in [0, 0.1) is 0 Å². The molecule has 4 nitrogen and oxygen atoms in total. The highest BCUT2D eigenvalue weighted by Gasteiger charge is 2.24. The highest BCUT2D eigenvalue weighted by Crippen LogP contribution is 2.32. The van der Waals surface area contributed by atoms with Gasteiger partial charge in [-0.3, -0.25) is 0 Å². The molecule has 3 rings (SSSR count). The lowest BCUT2D eigenvalue weighted by Crippen LogP contribution is -2.27. The van der Waals surface area contributed by atoms with E-state index >= 15 is 0 Å². The van der Waals surface area contributed by atoms with Crippen molar-refractivity contribution in [3.8, 4) is 0 Å². The van der Waals surface area contributed by atoms with Gasteiger partial charge >= 0.3 is 5.97 Å². The molecule has 0 aliphatic carbocycles. The van der Waals surface area contributed by atoms with Crippen molar-refractivity contribution < 1.29 is 9.90 Å². The first-order valence-electron chi connectivity index (χ1n) is 6.68. The molecule has 19 heavy (non-hydrogen) atoms. The van der Waals surface area contributed by atoms with Crippen molar-refractivity contribution in [2.45, 2.75) is 26.4 Å². The molecule has 2 heterocycles. The predicted octanol–water partition coefficient (Wildman–Crippen LogP) is 2.35. The molecule has 0 radical (unpaired) electrons. The number of carboxylic acids is 1. The Hall–Kier alpha value is -1.81. The molecule has 0 unspecified atom stereocenters. The number of nitrogens with zero attached hydrogens (tertiary/aromatic N) is 2. The van der Waals surface area contributed by atoms with Crippen LogP contribution in [0.4, 0.5) is 0 Å². The number of hydrogen-bond acceptors (Lipinski definition) is 2. The lowest BCUT2D eigenvalue weighted by Gasteiger charge is -2.24. The molecule has 1 N–H and O–H groups in total. The molecule has 100 valence electrons. The third-order valence-corrected chi connectivity index (χ3v) is 4.01. The molecule has 1 aromatic carbocycles. The molecular formula is C15H18N2O2. The van der Waals surface area contributed by atoms with Crippen LogP contribution in [0.15, 0.2) is 18.2 Å². The fourth-order valence-electron chi connectivity index (χ4n) is 3.16. The number of aryl methyl sites for hydroxylation is 1. The fourth-order valence-corrected chi connectivity index (χ4v) is 3.16. The molecule has 2 aromatic rings. The summed E-state index contributed by atoms with van der Waals surface area (Å²) in [5.41, 5.74) is 3.91. The molecule has 0 atom stereocenters. The van der Waals surface area contributed by atoms with E-state index in [9.17, 15) is 9.90 Å². The van der Waals surface area contributed by atoms with E-state index in [0.29, 0.717) is 5.56 Å². The van der Waals surface area contributed by atoms with E-state index in [-0.39, 0.29) is 0 Å². The largest absolute Gasteiger partial charge is 0.478 e. The monoisotopic (exact) mass is 258 g/mol. The van der Waals surface area contributed by atoms with Crippen LogP contribution in [0.5, 0.6) is 0 Å². The molecule has 0 bridgehead atoms. The molecule has 0 fully saturated rings. The Labute approximate surface area is 112 Å². The number of likely N-dealkylation sites (N-methyl/N-ethyl adjacent to an activating group) is 1. The Bertz CT molecular complexity index is 658. The number of para-hydroxylation sites is 1. The number of carbonyl (C=O) groups is 1. The fraction of sp³-hybridized carbons (Fsp3) is 0.400. The predicted molar refractivity (Wildman–Crippen MR) is 74.6 cm³/mol. The zero-order valence-corrected chi connectivity index (χ0v) is 11.3. The van der Waals surface area contributed by atoms with Crippen LogP contribution in [-0.2, 0) is 19.5 Å². The first-order chi connectivity index (χ1) is 9.13. The molecule has 1 aromatic heterocycles. The van der Waals surface area contributed by atoms with Crippen molar-refractivity contribution >= 4 is 16.9 Å². The molecule has 1 aliphatic heterocycles. The molecule has 0 saturated heterocycles. The normalized spacial score (nSPS) is 15.7. The van der Waals surface area contributed by atoms with Gasteiger partial charge in [-0.1, -0.05) is 12.1 Å². The smallest absolute Gasteiger partial charge is 0.337 e. The Balaban J connectivity index is 2.37. The number of aromatic carboxylic acids is 1. The Morgan fingerprint density at radius 1 is 1.42 bits per heavy atom. The van der Waals surface area contributed by atoms with Gasteiger partial charge in [0, 0.05) is 37.1 Å². The summed E-state index contributed by atoms with van der Waals surface area (Å²) < 4.78 is 2.18. The van der Waals surface area contributed by atoms with Crippen LogP contribution in [-0.4, -0.2) is 34.1 Å². The quantitative estimate of drug-likeness (QED) is 0.899. The van der Waals surface area contributed by atoms with E-state index in [2.05, 4.69) is 23.4 Å². The molecule has 1 aliphatic rings. The Morgan fingerprint density at radius 2 is 2.21 bits per heavy atom. The van der Waals surface area contributed by atoms with E-state index in [1.54, 1.807) is 6.07 Å². The second-order valence-electron chi connectivity index (χ2n) is 5.16. The molecule has 0 saturated carbocycles. The van der Waals surface area contributed by atoms with Gasteiger partial charge in [-0.05, 0) is 25.6 Å². The van der Waals surface area contributed by atoms with Crippen molar-refractivity contribution in [2.24, 2.45) is 0 Å². The van der Waals surface area contributed by atoms with Crippen LogP contribution in [0.3, 0.4) is 0 Å². The van der Waals surface area contributed by atoms with Gasteiger partial charge in [0.15, 0.2) is 0 Å². The third kappa shape index (κ3) is 1.75. The summed E-state index contributed by atoms with van der Waals surface area (Å²) in [7, 11) is 2.11. The second-order valence-corrected chi connectivity index (χ2v) is 5.16. The van der Waals surface area contributed by atoms with Crippen LogP contribution in [0.1, 0.15) is 28.5 Å². The summed E-state index contributed by atoms with van der Waals surface area (Å²) in [5, 5.41) is 10.5. The molecule has 4 heteroatoms. The standard InChI is InChI=1S/C15H18N2O2/c1-3-17-13-7-8-16(2)9-12(13)10-5-4-6-11(14(10)17)15(18)19/h4-6H,3,7-9H2,1-2H3,(H,18,19). The topological polar surface area (TPSA) is 45.5 Å². The highest BCUT2D eigenvalue weighted by atomic mass is 16.4. The Morgan fingerprint density at radius 3 is 2.89 bits per heavy atom. The number of carboxylic acid groups (broad SMARTS) is 1. The van der Waals surface area contributed by atoms with E-state index in [1.165, 1.54) is 11.3 Å². The number of aromatic nitrogens is 1. The van der Waals surface area contributed by atoms with Crippen molar-refractivity contribution in [1.29, 1.82) is 0 Å². The summed E-state index contributed by atoms with van der Waals surface area (Å²) in [6, 6.07) is 5.60. The van der Waals surface area contributed by atoms with Gasteiger partial charge in [0.25, 0.3) is 0 Å². The van der Waals surface area contributed by atoms with Gasteiger partial charge in [0.05, 0.1) is 11.1 Å². The average Bonchev–Trinajstić information content (AvgIpc) is 2.71. The summed E-state index contributed by atoms with van der Waals surface area (Å²) >= 11 is 0. The lowest BCUT2D eigenvalue weighted by atomic mass is 10.0. The summed E-state index contributed by atoms with van der Waals surface area (Å²) in [4.78, 5) is 13.7. The van der Waals surface area contributed by atoms with Crippen LogP contribution >= 0.6 is 0 Å². The third-order valence-electron chi connectivity index (χ3n) is 4.01.